The highest BCUT2D eigenvalue weighted by atomic mass is 16.3. The summed E-state index contributed by atoms with van der Waals surface area (Å²) in [4.78, 5) is 27.0. The van der Waals surface area contributed by atoms with Crippen LogP contribution in [0.3, 0.4) is 0 Å². The van der Waals surface area contributed by atoms with E-state index in [1.54, 1.807) is 21.9 Å². The molecule has 0 bridgehead atoms. The molecule has 0 saturated carbocycles. The van der Waals surface area contributed by atoms with Gasteiger partial charge in [-0.2, -0.15) is 5.10 Å². The van der Waals surface area contributed by atoms with Crippen LogP contribution in [0, 0.1) is 0 Å². The smallest absolute Gasteiger partial charge is 0.318 e. The number of furan rings is 1. The molecular formula is C20H21N5O3. The van der Waals surface area contributed by atoms with Crippen molar-refractivity contribution in [1.29, 1.82) is 0 Å². The topological polar surface area (TPSA) is 92.4 Å². The minimum absolute atomic E-state index is 0.194. The molecule has 0 fully saturated rings. The fourth-order valence-electron chi connectivity index (χ4n) is 3.35. The third kappa shape index (κ3) is 3.62. The predicted molar refractivity (Wildman–Crippen MR) is 103 cm³/mol. The van der Waals surface area contributed by atoms with E-state index in [-0.39, 0.29) is 11.9 Å². The van der Waals surface area contributed by atoms with Crippen molar-refractivity contribution in [2.45, 2.75) is 19.5 Å². The van der Waals surface area contributed by atoms with Crippen molar-refractivity contribution in [1.82, 2.24) is 20.0 Å². The van der Waals surface area contributed by atoms with Gasteiger partial charge in [0, 0.05) is 37.0 Å². The van der Waals surface area contributed by atoms with E-state index in [0.29, 0.717) is 43.2 Å². The number of benzene rings is 1. The minimum Gasteiger partial charge on any atom is -0.467 e. The van der Waals surface area contributed by atoms with Crippen LogP contribution in [-0.4, -0.2) is 33.2 Å². The highest BCUT2D eigenvalue weighted by Gasteiger charge is 2.29. The second-order valence-corrected chi connectivity index (χ2v) is 6.63. The van der Waals surface area contributed by atoms with Gasteiger partial charge in [0.2, 0.25) is 0 Å². The van der Waals surface area contributed by atoms with Gasteiger partial charge in [0.15, 0.2) is 5.69 Å². The second kappa shape index (κ2) is 7.59. The van der Waals surface area contributed by atoms with E-state index in [0.717, 1.165) is 11.3 Å². The van der Waals surface area contributed by atoms with Gasteiger partial charge in [-0.25, -0.2) is 4.79 Å². The van der Waals surface area contributed by atoms with E-state index in [2.05, 4.69) is 15.7 Å². The number of para-hydroxylation sites is 1. The van der Waals surface area contributed by atoms with Crippen LogP contribution < -0.4 is 10.6 Å². The Bertz CT molecular complexity index is 979. The molecule has 4 rings (SSSR count). The summed E-state index contributed by atoms with van der Waals surface area (Å²) in [6, 6.07) is 12.6. The number of nitrogens with zero attached hydrogens (tertiary/aromatic N) is 3. The molecule has 8 nitrogen and oxygen atoms in total. The van der Waals surface area contributed by atoms with E-state index in [1.807, 2.05) is 43.4 Å². The molecule has 2 aromatic heterocycles. The number of carbonyl (C=O) groups excluding carboxylic acids is 2. The molecule has 3 aromatic rings. The molecule has 0 unspecified atom stereocenters. The Morgan fingerprint density at radius 2 is 2.00 bits per heavy atom. The fourth-order valence-corrected chi connectivity index (χ4v) is 3.35. The summed E-state index contributed by atoms with van der Waals surface area (Å²) in [6.07, 6.45) is 2.22. The summed E-state index contributed by atoms with van der Waals surface area (Å²) >= 11 is 0. The number of fused-ring (bicyclic) bond motifs is 1. The monoisotopic (exact) mass is 379 g/mol. The van der Waals surface area contributed by atoms with Crippen molar-refractivity contribution in [3.63, 3.8) is 0 Å². The van der Waals surface area contributed by atoms with Gasteiger partial charge in [0.25, 0.3) is 5.91 Å². The molecule has 1 aliphatic heterocycles. The van der Waals surface area contributed by atoms with Crippen molar-refractivity contribution in [2.75, 3.05) is 11.9 Å². The molecular weight excluding hydrogens is 358 g/mol. The first-order valence-corrected chi connectivity index (χ1v) is 9.08. The lowest BCUT2D eigenvalue weighted by Gasteiger charge is -2.27. The number of nitrogens with one attached hydrogen (secondary N) is 2. The molecule has 0 saturated heterocycles. The van der Waals surface area contributed by atoms with Gasteiger partial charge in [0.05, 0.1) is 19.4 Å². The molecule has 1 aliphatic rings. The molecule has 0 radical (unpaired) electrons. The average Bonchev–Trinajstić information content (AvgIpc) is 3.35. The van der Waals surface area contributed by atoms with Gasteiger partial charge >= 0.3 is 6.03 Å². The van der Waals surface area contributed by atoms with Crippen LogP contribution in [0.2, 0.25) is 0 Å². The number of urea groups is 1. The highest BCUT2D eigenvalue weighted by Crippen LogP contribution is 2.23. The normalized spacial score (nSPS) is 13.1. The van der Waals surface area contributed by atoms with Gasteiger partial charge in [0.1, 0.15) is 5.76 Å². The lowest BCUT2D eigenvalue weighted by Crippen LogP contribution is -2.42. The fraction of sp³-hybridized carbons (Fsp3) is 0.250. The molecule has 144 valence electrons. The number of aromatic nitrogens is 2. The molecule has 2 N–H and O–H groups in total. The maximum absolute atomic E-state index is 12.7. The number of anilines is 1. The quantitative estimate of drug-likeness (QED) is 0.729. The predicted octanol–water partition coefficient (Wildman–Crippen LogP) is 2.53. The number of amides is 3. The zero-order valence-electron chi connectivity index (χ0n) is 15.5. The zero-order valence-corrected chi connectivity index (χ0v) is 15.5. The lowest BCUT2D eigenvalue weighted by atomic mass is 10.0. The molecule has 8 heteroatoms. The van der Waals surface area contributed by atoms with Crippen molar-refractivity contribution < 1.29 is 14.0 Å². The maximum Gasteiger partial charge on any atom is 0.318 e. The first-order chi connectivity index (χ1) is 13.6. The van der Waals surface area contributed by atoms with Gasteiger partial charge in [-0.15, -0.1) is 0 Å². The van der Waals surface area contributed by atoms with E-state index in [9.17, 15) is 9.59 Å². The van der Waals surface area contributed by atoms with Crippen LogP contribution in [0.5, 0.6) is 0 Å². The highest BCUT2D eigenvalue weighted by molar-refractivity contribution is 6.04. The Hall–Kier alpha value is -3.55. The van der Waals surface area contributed by atoms with Crippen molar-refractivity contribution in [3.05, 3.63) is 71.4 Å². The largest absolute Gasteiger partial charge is 0.467 e. The van der Waals surface area contributed by atoms with Crippen LogP contribution in [0.15, 0.2) is 53.1 Å². The van der Waals surface area contributed by atoms with Gasteiger partial charge < -0.3 is 20.0 Å². The summed E-state index contributed by atoms with van der Waals surface area (Å²) in [5.74, 6) is 0.413. The summed E-state index contributed by atoms with van der Waals surface area (Å²) < 4.78 is 6.97. The Balaban J connectivity index is 1.48. The van der Waals surface area contributed by atoms with E-state index in [4.69, 9.17) is 4.42 Å². The Morgan fingerprint density at radius 3 is 2.75 bits per heavy atom. The molecule has 1 aromatic carbocycles. The lowest BCUT2D eigenvalue weighted by molar-refractivity contribution is 0.101. The molecule has 0 spiro atoms. The van der Waals surface area contributed by atoms with Gasteiger partial charge in [-0.3, -0.25) is 9.48 Å². The number of carbonyl (C=O) groups is 2. The summed E-state index contributed by atoms with van der Waals surface area (Å²) in [5, 5.41) is 10.1. The van der Waals surface area contributed by atoms with E-state index in [1.165, 1.54) is 0 Å². The average molecular weight is 379 g/mol. The Kier molecular flexibility index (Phi) is 4.84. The van der Waals surface area contributed by atoms with E-state index < -0.39 is 0 Å². The van der Waals surface area contributed by atoms with Crippen LogP contribution in [0.1, 0.15) is 27.5 Å². The number of hydrogen-bond donors (Lipinski definition) is 2. The molecule has 3 amide bonds. The minimum atomic E-state index is -0.277. The van der Waals surface area contributed by atoms with Crippen LogP contribution in [-0.2, 0) is 26.6 Å². The van der Waals surface area contributed by atoms with Crippen molar-refractivity contribution >= 4 is 17.6 Å². The van der Waals surface area contributed by atoms with Crippen LogP contribution in [0.25, 0.3) is 0 Å². The third-order valence-electron chi connectivity index (χ3n) is 4.77. The number of aryl methyl sites for hydroxylation is 1. The zero-order chi connectivity index (χ0) is 19.5. The van der Waals surface area contributed by atoms with Gasteiger partial charge in [-0.1, -0.05) is 18.2 Å². The number of hydrogen-bond acceptors (Lipinski definition) is 4. The maximum atomic E-state index is 12.7. The molecule has 0 atom stereocenters. The third-order valence-corrected chi connectivity index (χ3v) is 4.77. The van der Waals surface area contributed by atoms with Crippen molar-refractivity contribution in [2.24, 2.45) is 7.05 Å². The van der Waals surface area contributed by atoms with Crippen LogP contribution >= 0.6 is 0 Å². The molecule has 0 aliphatic carbocycles. The summed E-state index contributed by atoms with van der Waals surface area (Å²) in [6.45, 7) is 1.23. The van der Waals surface area contributed by atoms with Gasteiger partial charge in [-0.05, 0) is 24.3 Å². The SMILES string of the molecule is Cn1nc(C(=O)Nc2ccccc2)c2c1CCN(C(=O)NCc1ccco1)C2. The Labute approximate surface area is 162 Å². The Morgan fingerprint density at radius 1 is 1.18 bits per heavy atom. The molecule has 28 heavy (non-hydrogen) atoms. The molecule has 3 heterocycles. The van der Waals surface area contributed by atoms with Crippen molar-refractivity contribution in [3.8, 4) is 0 Å². The summed E-state index contributed by atoms with van der Waals surface area (Å²) in [7, 11) is 1.82. The first kappa shape index (κ1) is 17.8. The standard InChI is InChI=1S/C20H21N5O3/c1-24-17-9-10-25(20(27)21-12-15-8-5-11-28-15)13-16(17)18(23-24)19(26)22-14-6-3-2-4-7-14/h2-8,11H,9-10,12-13H2,1H3,(H,21,27)(H,22,26). The van der Waals surface area contributed by atoms with Crippen LogP contribution in [0.4, 0.5) is 10.5 Å². The second-order valence-electron chi connectivity index (χ2n) is 6.63. The number of rotatable bonds is 4. The summed E-state index contributed by atoms with van der Waals surface area (Å²) in [5.41, 5.74) is 2.82. The van der Waals surface area contributed by atoms with E-state index >= 15 is 0 Å². The first-order valence-electron chi connectivity index (χ1n) is 9.08.